The van der Waals surface area contributed by atoms with Crippen molar-refractivity contribution in [2.45, 2.75) is 25.0 Å². The number of hydrogen-bond acceptors (Lipinski definition) is 4. The highest BCUT2D eigenvalue weighted by atomic mass is 32.2. The molecule has 0 saturated heterocycles. The Kier molecular flexibility index (Phi) is 13.6. The molecule has 0 fully saturated rings. The van der Waals surface area contributed by atoms with Gasteiger partial charge in [-0.15, -0.1) is 23.5 Å². The third kappa shape index (κ3) is 7.57. The zero-order valence-electron chi connectivity index (χ0n) is 26.4. The first kappa shape index (κ1) is 34.5. The summed E-state index contributed by atoms with van der Waals surface area (Å²) in [6.07, 6.45) is 11.4. The highest BCUT2D eigenvalue weighted by molar-refractivity contribution is 8.01. The number of rotatable bonds is 13. The van der Waals surface area contributed by atoms with Crippen LogP contribution in [0.5, 0.6) is 0 Å². The highest BCUT2D eigenvalue weighted by Crippen LogP contribution is 2.40. The molecule has 4 heteroatoms. The summed E-state index contributed by atoms with van der Waals surface area (Å²) in [4.78, 5) is 0. The Morgan fingerprint density at radius 1 is 0.659 bits per heavy atom. The van der Waals surface area contributed by atoms with Crippen LogP contribution in [0, 0.1) is 0 Å². The van der Waals surface area contributed by atoms with Crippen LogP contribution < -0.4 is 11.1 Å². The molecular weight excluding hydrogens is 573 g/mol. The minimum Gasteiger partial charge on any atom is -0.404 e. The van der Waals surface area contributed by atoms with Crippen LogP contribution in [0.15, 0.2) is 111 Å². The van der Waals surface area contributed by atoms with Crippen molar-refractivity contribution >= 4 is 47.8 Å². The smallest absolute Gasteiger partial charge is 0.0784 e. The Balaban J connectivity index is 0.00000259. The van der Waals surface area contributed by atoms with Crippen LogP contribution in [0.1, 0.15) is 52.6 Å². The molecule has 1 atom stereocenters. The number of benzene rings is 4. The summed E-state index contributed by atoms with van der Waals surface area (Å²) < 4.78 is 0. The van der Waals surface area contributed by atoms with Gasteiger partial charge < -0.3 is 11.1 Å². The molecule has 0 heterocycles. The first-order valence-electron chi connectivity index (χ1n) is 14.8. The van der Waals surface area contributed by atoms with Gasteiger partial charge in [0, 0.05) is 12.0 Å². The van der Waals surface area contributed by atoms with Gasteiger partial charge in [0.15, 0.2) is 0 Å². The maximum absolute atomic E-state index is 5.47. The molecular formula is C40H44N2S2. The molecule has 2 nitrogen and oxygen atoms in total. The van der Waals surface area contributed by atoms with Crippen LogP contribution in [0.2, 0.25) is 0 Å². The average molecular weight is 617 g/mol. The number of hydrogen-bond donors (Lipinski definition) is 2. The largest absolute Gasteiger partial charge is 0.404 e. The van der Waals surface area contributed by atoms with Gasteiger partial charge in [-0.1, -0.05) is 137 Å². The summed E-state index contributed by atoms with van der Waals surface area (Å²) in [7, 11) is 1.99. The maximum atomic E-state index is 5.47. The minimum atomic E-state index is 0.263. The lowest BCUT2D eigenvalue weighted by molar-refractivity contribution is 0.797. The Hall–Kier alpha value is -3.96. The van der Waals surface area contributed by atoms with E-state index < -0.39 is 0 Å². The summed E-state index contributed by atoms with van der Waals surface area (Å²) in [6, 6.07) is 26.1. The van der Waals surface area contributed by atoms with Gasteiger partial charge in [0.1, 0.15) is 0 Å². The Labute approximate surface area is 273 Å². The molecule has 4 aromatic rings. The Morgan fingerprint density at radius 2 is 1.07 bits per heavy atom. The second-order valence-corrected chi connectivity index (χ2v) is 11.5. The zero-order valence-corrected chi connectivity index (χ0v) is 28.0. The second-order valence-electron chi connectivity index (χ2n) is 9.66. The summed E-state index contributed by atoms with van der Waals surface area (Å²) in [5.74, 6) is 0.878. The van der Waals surface area contributed by atoms with Gasteiger partial charge in [-0.2, -0.15) is 0 Å². The van der Waals surface area contributed by atoms with Crippen molar-refractivity contribution in [3.63, 3.8) is 0 Å². The van der Waals surface area contributed by atoms with E-state index in [4.69, 9.17) is 5.73 Å². The molecule has 0 radical (unpaired) electrons. The van der Waals surface area contributed by atoms with Crippen molar-refractivity contribution < 1.29 is 0 Å². The van der Waals surface area contributed by atoms with E-state index in [1.54, 1.807) is 29.7 Å². The Bertz CT molecular complexity index is 1610. The molecule has 4 aromatic carbocycles. The van der Waals surface area contributed by atoms with Crippen molar-refractivity contribution in [2.24, 2.45) is 5.73 Å². The van der Waals surface area contributed by atoms with E-state index in [1.807, 2.05) is 50.6 Å². The van der Waals surface area contributed by atoms with E-state index in [2.05, 4.69) is 111 Å². The lowest BCUT2D eigenvalue weighted by atomic mass is 9.84. The van der Waals surface area contributed by atoms with Gasteiger partial charge in [-0.3, -0.25) is 0 Å². The van der Waals surface area contributed by atoms with E-state index in [-0.39, 0.29) is 5.37 Å². The molecule has 226 valence electrons. The molecule has 0 aromatic heterocycles. The zero-order chi connectivity index (χ0) is 32.1. The molecule has 4 rings (SSSR count). The molecule has 0 saturated carbocycles. The van der Waals surface area contributed by atoms with Crippen LogP contribution in [-0.2, 0) is 5.75 Å². The fraction of sp³-hybridized carbons (Fsp3) is 0.150. The topological polar surface area (TPSA) is 38.0 Å². The Morgan fingerprint density at radius 3 is 1.45 bits per heavy atom. The van der Waals surface area contributed by atoms with Crippen LogP contribution in [0.3, 0.4) is 0 Å². The lowest BCUT2D eigenvalue weighted by Crippen LogP contribution is -2.11. The van der Waals surface area contributed by atoms with Crippen LogP contribution >= 0.6 is 23.5 Å². The van der Waals surface area contributed by atoms with E-state index in [1.165, 1.54) is 11.1 Å². The monoisotopic (exact) mass is 616 g/mol. The van der Waals surface area contributed by atoms with Gasteiger partial charge >= 0.3 is 0 Å². The van der Waals surface area contributed by atoms with Gasteiger partial charge in [-0.05, 0) is 85.5 Å². The number of thioether (sulfide) groups is 2. The first-order chi connectivity index (χ1) is 21.5. The predicted octanol–water partition coefficient (Wildman–Crippen LogP) is 11.5. The fourth-order valence-electron chi connectivity index (χ4n) is 5.36. The van der Waals surface area contributed by atoms with Gasteiger partial charge in [-0.25, -0.2) is 0 Å². The molecule has 0 spiro atoms. The summed E-state index contributed by atoms with van der Waals surface area (Å²) >= 11 is 3.46. The van der Waals surface area contributed by atoms with E-state index in [0.717, 1.165) is 61.4 Å². The van der Waals surface area contributed by atoms with E-state index in [0.29, 0.717) is 0 Å². The molecule has 3 N–H and O–H groups in total. The SMILES string of the molecule is C=Cc1c(-c2ccc(CS/C=C\N)cc2)ccc(-c2ccc(-c3ccc(C(NC)SC)cc3)c(C=C)c2C=C)c1C=C.CC. The molecule has 0 aliphatic carbocycles. The number of nitrogens with one attached hydrogen (secondary N) is 1. The van der Waals surface area contributed by atoms with Crippen LogP contribution in [-0.4, -0.2) is 13.3 Å². The van der Waals surface area contributed by atoms with Crippen molar-refractivity contribution in [3.05, 3.63) is 144 Å². The third-order valence-electron chi connectivity index (χ3n) is 7.39. The molecule has 1 unspecified atom stereocenters. The molecule has 0 amide bonds. The van der Waals surface area contributed by atoms with E-state index >= 15 is 0 Å². The fourth-order valence-corrected chi connectivity index (χ4v) is 6.62. The van der Waals surface area contributed by atoms with Crippen molar-refractivity contribution in [1.82, 2.24) is 5.32 Å². The van der Waals surface area contributed by atoms with Gasteiger partial charge in [0.2, 0.25) is 0 Å². The van der Waals surface area contributed by atoms with Crippen molar-refractivity contribution in [3.8, 4) is 33.4 Å². The highest BCUT2D eigenvalue weighted by Gasteiger charge is 2.17. The molecule has 0 bridgehead atoms. The molecule has 44 heavy (non-hydrogen) atoms. The molecule has 0 aliphatic rings. The number of nitrogens with two attached hydrogens (primary N) is 1. The first-order valence-corrected chi connectivity index (χ1v) is 17.1. The predicted molar refractivity (Wildman–Crippen MR) is 204 cm³/mol. The van der Waals surface area contributed by atoms with Gasteiger partial charge in [0.25, 0.3) is 0 Å². The van der Waals surface area contributed by atoms with Crippen molar-refractivity contribution in [1.29, 1.82) is 0 Å². The summed E-state index contributed by atoms with van der Waals surface area (Å²) in [5, 5.41) is 5.52. The minimum absolute atomic E-state index is 0.263. The summed E-state index contributed by atoms with van der Waals surface area (Å²) in [6.45, 7) is 20.8. The second kappa shape index (κ2) is 17.4. The average Bonchev–Trinajstić information content (AvgIpc) is 3.09. The van der Waals surface area contributed by atoms with Crippen molar-refractivity contribution in [2.75, 3.05) is 13.3 Å². The maximum Gasteiger partial charge on any atom is 0.0784 e. The van der Waals surface area contributed by atoms with Gasteiger partial charge in [0.05, 0.1) is 5.37 Å². The quantitative estimate of drug-likeness (QED) is 0.147. The third-order valence-corrected chi connectivity index (χ3v) is 9.22. The standard InChI is InChI=1S/C38H38N2S2.C2H6/c1-7-30-32(9-3)36(21-19-34(30)27-13-11-26(12-14-27)25-42-24-23-39)37-22-20-35(31(8-2)33(37)10-4)28-15-17-29(18-16-28)38(40-5)41-6;1-2/h7-24,38,40H,1-4,25,39H2,5-6H3;1-2H3/b24-23-;. The van der Waals surface area contributed by atoms with Crippen LogP contribution in [0.4, 0.5) is 0 Å². The summed E-state index contributed by atoms with van der Waals surface area (Å²) in [5.41, 5.74) is 18.9. The van der Waals surface area contributed by atoms with E-state index in [9.17, 15) is 0 Å². The molecule has 0 aliphatic heterocycles. The lowest BCUT2D eigenvalue weighted by Gasteiger charge is -2.20. The normalized spacial score (nSPS) is 11.4. The van der Waals surface area contributed by atoms with Crippen LogP contribution in [0.25, 0.3) is 57.7 Å².